The molecule has 0 saturated carbocycles. The van der Waals surface area contributed by atoms with E-state index in [1.54, 1.807) is 0 Å². The highest BCUT2D eigenvalue weighted by molar-refractivity contribution is 6.44. The summed E-state index contributed by atoms with van der Waals surface area (Å²) in [6.45, 7) is 0. The smallest absolute Gasteiger partial charge is 0.235 e. The Kier molecular flexibility index (Phi) is 5.57. The van der Waals surface area contributed by atoms with Gasteiger partial charge in [0.15, 0.2) is 5.58 Å². The Hall–Kier alpha value is -7.50. The van der Waals surface area contributed by atoms with Crippen molar-refractivity contribution in [3.63, 3.8) is 0 Å². The number of hydrogen-bond donors (Lipinski definition) is 0. The van der Waals surface area contributed by atoms with Gasteiger partial charge in [0.05, 0.1) is 16.7 Å². The summed E-state index contributed by atoms with van der Waals surface area (Å²) in [4.78, 5) is 10.9. The van der Waals surface area contributed by atoms with Gasteiger partial charge in [-0.25, -0.2) is 9.97 Å². The average Bonchev–Trinajstić information content (AvgIpc) is 3.93. The molecule has 0 amide bonds. The Morgan fingerprint density at radius 3 is 1.67 bits per heavy atom. The monoisotopic (exact) mass is 701 g/mol. The van der Waals surface area contributed by atoms with Crippen LogP contribution in [0.5, 0.6) is 0 Å². The van der Waals surface area contributed by atoms with Gasteiger partial charge >= 0.3 is 0 Å². The number of nitrogens with zero attached hydrogens (tertiary/aromatic N) is 3. The van der Waals surface area contributed by atoms with Gasteiger partial charge in [-0.2, -0.15) is 0 Å². The van der Waals surface area contributed by atoms with E-state index in [2.05, 4.69) is 138 Å². The Bertz CT molecular complexity index is 3790. The molecule has 5 heteroatoms. The first kappa shape index (κ1) is 29.0. The van der Waals surface area contributed by atoms with E-state index in [1.165, 1.54) is 32.3 Å². The number of hydrogen-bond acceptors (Lipinski definition) is 4. The molecule has 55 heavy (non-hydrogen) atoms. The highest BCUT2D eigenvalue weighted by atomic mass is 16.3. The normalized spacial score (nSPS) is 12.4. The van der Waals surface area contributed by atoms with Gasteiger partial charge < -0.3 is 8.83 Å². The van der Waals surface area contributed by atoms with E-state index in [1.807, 2.05) is 30.3 Å². The molecule has 0 atom stereocenters. The van der Waals surface area contributed by atoms with Crippen molar-refractivity contribution in [1.29, 1.82) is 0 Å². The van der Waals surface area contributed by atoms with Crippen molar-refractivity contribution >= 4 is 109 Å². The van der Waals surface area contributed by atoms with Gasteiger partial charge in [0.1, 0.15) is 22.3 Å². The summed E-state index contributed by atoms with van der Waals surface area (Å²) in [6, 6.07) is 57.4. The molecular weight excluding hydrogens is 675 g/mol. The topological polar surface area (TPSA) is 57.0 Å². The maximum absolute atomic E-state index is 7.03. The SMILES string of the molecule is c1ccc2c(-c3cccc4c3oc3ccccc34)nc(-n3c4ccccc4c4c5c6ccccc6c6ccccc6c5c5c6ccccc6oc5c43)nc2c1. The lowest BCUT2D eigenvalue weighted by Crippen LogP contribution is -2.03. The summed E-state index contributed by atoms with van der Waals surface area (Å²) in [5.41, 5.74) is 7.86. The minimum absolute atomic E-state index is 0.569. The fourth-order valence-electron chi connectivity index (χ4n) is 9.34. The van der Waals surface area contributed by atoms with Crippen LogP contribution in [-0.4, -0.2) is 14.5 Å². The van der Waals surface area contributed by atoms with Crippen LogP contribution in [0.15, 0.2) is 173 Å². The van der Waals surface area contributed by atoms with Crippen LogP contribution in [0.3, 0.4) is 0 Å². The predicted molar refractivity (Wildman–Crippen MR) is 226 cm³/mol. The number of para-hydroxylation sites is 5. The molecule has 9 aromatic carbocycles. The molecule has 0 radical (unpaired) electrons. The van der Waals surface area contributed by atoms with Crippen molar-refractivity contribution in [3.8, 4) is 17.2 Å². The van der Waals surface area contributed by atoms with E-state index >= 15 is 0 Å². The lowest BCUT2D eigenvalue weighted by Gasteiger charge is -2.14. The van der Waals surface area contributed by atoms with Crippen molar-refractivity contribution in [2.45, 2.75) is 0 Å². The van der Waals surface area contributed by atoms with E-state index in [9.17, 15) is 0 Å². The molecule has 0 aliphatic heterocycles. The van der Waals surface area contributed by atoms with E-state index < -0.39 is 0 Å². The fraction of sp³-hybridized carbons (Fsp3) is 0. The number of furan rings is 2. The molecule has 5 nitrogen and oxygen atoms in total. The van der Waals surface area contributed by atoms with Gasteiger partial charge in [0.25, 0.3) is 0 Å². The summed E-state index contributed by atoms with van der Waals surface area (Å²) in [5.74, 6) is 0.569. The Labute approximate surface area is 312 Å². The van der Waals surface area contributed by atoms with Crippen LogP contribution in [0.25, 0.3) is 126 Å². The third-order valence-electron chi connectivity index (χ3n) is 11.6. The summed E-state index contributed by atoms with van der Waals surface area (Å²) in [5, 5.41) is 14.8. The lowest BCUT2D eigenvalue weighted by molar-refractivity contribution is 0.669. The molecule has 0 fully saturated rings. The summed E-state index contributed by atoms with van der Waals surface area (Å²) < 4.78 is 15.8. The largest absolute Gasteiger partial charge is 0.455 e. The molecule has 0 aliphatic rings. The van der Waals surface area contributed by atoms with Gasteiger partial charge in [-0.1, -0.05) is 133 Å². The molecule has 0 spiro atoms. The molecule has 254 valence electrons. The lowest BCUT2D eigenvalue weighted by atomic mass is 9.89. The number of fused-ring (bicyclic) bond motifs is 19. The molecule has 4 aromatic heterocycles. The molecular formula is C50H27N3O2. The first-order valence-electron chi connectivity index (χ1n) is 18.6. The van der Waals surface area contributed by atoms with Crippen LogP contribution in [0.2, 0.25) is 0 Å². The first-order chi connectivity index (χ1) is 27.3. The van der Waals surface area contributed by atoms with Crippen molar-refractivity contribution in [1.82, 2.24) is 14.5 Å². The van der Waals surface area contributed by atoms with E-state index in [0.717, 1.165) is 87.8 Å². The van der Waals surface area contributed by atoms with Crippen LogP contribution in [0, 0.1) is 0 Å². The number of rotatable bonds is 2. The maximum Gasteiger partial charge on any atom is 0.235 e. The van der Waals surface area contributed by atoms with Gasteiger partial charge in [-0.15, -0.1) is 0 Å². The standard InChI is InChI=1S/C50H27N3O2/c1-3-17-31-28(14-1)29-15-2-4-18-32(29)43-42(31)44-35-20-6-10-25-39(35)53(47(44)49-45(43)36-21-8-12-27-41(36)55-49)50-51-38-24-9-5-19-34(38)46(52-50)37-23-13-22-33-30-16-7-11-26-40(30)54-48(33)37/h1-27H. The molecule has 0 saturated heterocycles. The molecule has 0 aliphatic carbocycles. The Morgan fingerprint density at radius 1 is 0.364 bits per heavy atom. The van der Waals surface area contributed by atoms with Gasteiger partial charge in [-0.3, -0.25) is 4.57 Å². The van der Waals surface area contributed by atoms with Crippen LogP contribution in [-0.2, 0) is 0 Å². The van der Waals surface area contributed by atoms with Gasteiger partial charge in [0.2, 0.25) is 5.95 Å². The molecule has 0 bridgehead atoms. The third-order valence-corrected chi connectivity index (χ3v) is 11.6. The van der Waals surface area contributed by atoms with Crippen molar-refractivity contribution < 1.29 is 8.83 Å². The number of aromatic nitrogens is 3. The first-order valence-corrected chi connectivity index (χ1v) is 18.6. The Morgan fingerprint density at radius 2 is 0.909 bits per heavy atom. The molecule has 0 unspecified atom stereocenters. The van der Waals surface area contributed by atoms with E-state index in [4.69, 9.17) is 18.8 Å². The minimum Gasteiger partial charge on any atom is -0.455 e. The second-order valence-corrected chi connectivity index (χ2v) is 14.4. The Balaban J connectivity index is 1.27. The zero-order chi connectivity index (χ0) is 35.8. The molecule has 0 N–H and O–H groups in total. The van der Waals surface area contributed by atoms with Crippen LogP contribution in [0.4, 0.5) is 0 Å². The fourth-order valence-corrected chi connectivity index (χ4v) is 9.34. The zero-order valence-corrected chi connectivity index (χ0v) is 29.2. The quantitative estimate of drug-likeness (QED) is 0.168. The zero-order valence-electron chi connectivity index (χ0n) is 29.2. The highest BCUT2D eigenvalue weighted by Gasteiger charge is 2.27. The van der Waals surface area contributed by atoms with E-state index in [-0.39, 0.29) is 0 Å². The van der Waals surface area contributed by atoms with Crippen molar-refractivity contribution in [3.05, 3.63) is 164 Å². The van der Waals surface area contributed by atoms with Crippen LogP contribution in [0.1, 0.15) is 0 Å². The number of benzene rings is 9. The molecule has 13 rings (SSSR count). The minimum atomic E-state index is 0.569. The van der Waals surface area contributed by atoms with Crippen molar-refractivity contribution in [2.75, 3.05) is 0 Å². The average molecular weight is 702 g/mol. The van der Waals surface area contributed by atoms with Crippen molar-refractivity contribution in [2.24, 2.45) is 0 Å². The summed E-state index contributed by atoms with van der Waals surface area (Å²) in [6.07, 6.45) is 0. The molecule has 4 heterocycles. The highest BCUT2D eigenvalue weighted by Crippen LogP contribution is 2.50. The second kappa shape index (κ2) is 10.6. The summed E-state index contributed by atoms with van der Waals surface area (Å²) >= 11 is 0. The maximum atomic E-state index is 7.03. The third kappa shape index (κ3) is 3.76. The van der Waals surface area contributed by atoms with Crippen LogP contribution >= 0.6 is 0 Å². The summed E-state index contributed by atoms with van der Waals surface area (Å²) in [7, 11) is 0. The van der Waals surface area contributed by atoms with E-state index in [0.29, 0.717) is 5.95 Å². The van der Waals surface area contributed by atoms with Crippen LogP contribution < -0.4 is 0 Å². The second-order valence-electron chi connectivity index (χ2n) is 14.4. The predicted octanol–water partition coefficient (Wildman–Crippen LogP) is 13.7. The van der Waals surface area contributed by atoms with Gasteiger partial charge in [-0.05, 0) is 51.9 Å². The molecule has 13 aromatic rings. The van der Waals surface area contributed by atoms with Gasteiger partial charge in [0, 0.05) is 54.0 Å².